The summed E-state index contributed by atoms with van der Waals surface area (Å²) in [5.41, 5.74) is 10.3. The lowest BCUT2D eigenvalue weighted by Gasteiger charge is -2.06. The summed E-state index contributed by atoms with van der Waals surface area (Å²) in [5, 5.41) is 14.1. The van der Waals surface area contributed by atoms with Crippen LogP contribution < -0.4 is 5.73 Å². The van der Waals surface area contributed by atoms with E-state index in [4.69, 9.17) is 10.8 Å². The SMILES string of the molecule is Nc1nnc(SCc2cn(-c3ccccc3)nc2-c2ccccc2)n1C1CC1. The third-order valence-electron chi connectivity index (χ3n) is 4.82. The number of nitrogens with zero attached hydrogens (tertiary/aromatic N) is 5. The number of para-hydroxylation sites is 1. The quantitative estimate of drug-likeness (QED) is 0.497. The van der Waals surface area contributed by atoms with Crippen LogP contribution in [0.5, 0.6) is 0 Å². The van der Waals surface area contributed by atoms with Crippen molar-refractivity contribution in [2.45, 2.75) is 29.8 Å². The molecule has 2 aromatic heterocycles. The normalized spacial score (nSPS) is 13.7. The third-order valence-corrected chi connectivity index (χ3v) is 5.81. The lowest BCUT2D eigenvalue weighted by molar-refractivity contribution is 0.671. The van der Waals surface area contributed by atoms with Crippen molar-refractivity contribution in [2.24, 2.45) is 0 Å². The summed E-state index contributed by atoms with van der Waals surface area (Å²) >= 11 is 1.66. The first-order chi connectivity index (χ1) is 13.8. The Morgan fingerprint density at radius 2 is 1.68 bits per heavy atom. The fraction of sp³-hybridized carbons (Fsp3) is 0.190. The molecule has 0 saturated heterocycles. The Bertz CT molecular complexity index is 1080. The molecular weight excluding hydrogens is 368 g/mol. The number of nitrogen functional groups attached to an aromatic ring is 1. The van der Waals surface area contributed by atoms with Gasteiger partial charge in [0.2, 0.25) is 5.95 Å². The van der Waals surface area contributed by atoms with Crippen molar-refractivity contribution >= 4 is 17.7 Å². The highest BCUT2D eigenvalue weighted by Gasteiger charge is 2.29. The minimum atomic E-state index is 0.457. The maximum absolute atomic E-state index is 6.01. The second-order valence-corrected chi connectivity index (χ2v) is 7.82. The van der Waals surface area contributed by atoms with E-state index in [-0.39, 0.29) is 0 Å². The first-order valence-electron chi connectivity index (χ1n) is 9.32. The monoisotopic (exact) mass is 388 g/mol. The Morgan fingerprint density at radius 1 is 0.964 bits per heavy atom. The summed E-state index contributed by atoms with van der Waals surface area (Å²) in [6.45, 7) is 0. The van der Waals surface area contributed by atoms with Gasteiger partial charge in [-0.15, -0.1) is 10.2 Å². The molecule has 1 fully saturated rings. The molecule has 0 radical (unpaired) electrons. The van der Waals surface area contributed by atoms with Gasteiger partial charge in [0.1, 0.15) is 0 Å². The van der Waals surface area contributed by atoms with Crippen LogP contribution in [0.25, 0.3) is 16.9 Å². The van der Waals surface area contributed by atoms with E-state index in [0.29, 0.717) is 12.0 Å². The van der Waals surface area contributed by atoms with Crippen molar-refractivity contribution < 1.29 is 0 Å². The van der Waals surface area contributed by atoms with Crippen LogP contribution in [0.1, 0.15) is 24.4 Å². The molecule has 140 valence electrons. The van der Waals surface area contributed by atoms with Gasteiger partial charge in [0.25, 0.3) is 0 Å². The molecule has 28 heavy (non-hydrogen) atoms. The van der Waals surface area contributed by atoms with Gasteiger partial charge < -0.3 is 5.73 Å². The number of hydrogen-bond acceptors (Lipinski definition) is 5. The molecule has 1 aliphatic carbocycles. The molecule has 6 nitrogen and oxygen atoms in total. The number of aromatic nitrogens is 5. The summed E-state index contributed by atoms with van der Waals surface area (Å²) in [5.74, 6) is 1.26. The van der Waals surface area contributed by atoms with E-state index < -0.39 is 0 Å². The largest absolute Gasteiger partial charge is 0.368 e. The molecule has 0 atom stereocenters. The van der Waals surface area contributed by atoms with E-state index in [1.54, 1.807) is 11.8 Å². The second kappa shape index (κ2) is 7.16. The van der Waals surface area contributed by atoms with Crippen molar-refractivity contribution in [1.82, 2.24) is 24.5 Å². The van der Waals surface area contributed by atoms with Gasteiger partial charge in [0, 0.05) is 29.1 Å². The molecule has 4 aromatic rings. The maximum atomic E-state index is 6.01. The first-order valence-corrected chi connectivity index (χ1v) is 10.3. The Hall–Kier alpha value is -3.06. The highest BCUT2D eigenvalue weighted by molar-refractivity contribution is 7.98. The molecule has 0 aliphatic heterocycles. The molecule has 2 heterocycles. The highest BCUT2D eigenvalue weighted by atomic mass is 32.2. The molecule has 0 unspecified atom stereocenters. The zero-order valence-corrected chi connectivity index (χ0v) is 16.1. The van der Waals surface area contributed by atoms with Gasteiger partial charge in [-0.1, -0.05) is 60.3 Å². The summed E-state index contributed by atoms with van der Waals surface area (Å²) < 4.78 is 4.01. The maximum Gasteiger partial charge on any atom is 0.222 e. The Morgan fingerprint density at radius 3 is 2.39 bits per heavy atom. The minimum Gasteiger partial charge on any atom is -0.368 e. The van der Waals surface area contributed by atoms with E-state index in [9.17, 15) is 0 Å². The van der Waals surface area contributed by atoms with Gasteiger partial charge in [-0.2, -0.15) is 5.10 Å². The van der Waals surface area contributed by atoms with Gasteiger partial charge in [0.15, 0.2) is 5.16 Å². The predicted molar refractivity (Wildman–Crippen MR) is 111 cm³/mol. The molecular formula is C21H20N6S. The van der Waals surface area contributed by atoms with Crippen molar-refractivity contribution in [3.05, 3.63) is 72.4 Å². The van der Waals surface area contributed by atoms with E-state index in [2.05, 4.69) is 45.2 Å². The van der Waals surface area contributed by atoms with Crippen molar-refractivity contribution in [1.29, 1.82) is 0 Å². The van der Waals surface area contributed by atoms with E-state index in [0.717, 1.165) is 46.3 Å². The van der Waals surface area contributed by atoms with E-state index >= 15 is 0 Å². The predicted octanol–water partition coefficient (Wildman–Crippen LogP) is 4.34. The second-order valence-electron chi connectivity index (χ2n) is 6.88. The van der Waals surface area contributed by atoms with Crippen LogP contribution in [0.4, 0.5) is 5.95 Å². The van der Waals surface area contributed by atoms with Crippen molar-refractivity contribution in [2.75, 3.05) is 5.73 Å². The molecule has 1 saturated carbocycles. The van der Waals surface area contributed by atoms with Crippen LogP contribution in [-0.2, 0) is 5.75 Å². The molecule has 7 heteroatoms. The highest BCUT2D eigenvalue weighted by Crippen LogP contribution is 2.40. The fourth-order valence-electron chi connectivity index (χ4n) is 3.27. The van der Waals surface area contributed by atoms with Crippen molar-refractivity contribution in [3.8, 4) is 16.9 Å². The van der Waals surface area contributed by atoms with E-state index in [1.165, 1.54) is 0 Å². The summed E-state index contributed by atoms with van der Waals surface area (Å²) in [6.07, 6.45) is 4.40. The number of rotatable bonds is 6. The topological polar surface area (TPSA) is 74.6 Å². The van der Waals surface area contributed by atoms with Crippen LogP contribution >= 0.6 is 11.8 Å². The molecule has 0 amide bonds. The van der Waals surface area contributed by atoms with Gasteiger partial charge >= 0.3 is 0 Å². The number of benzene rings is 2. The zero-order chi connectivity index (χ0) is 18.9. The van der Waals surface area contributed by atoms with Gasteiger partial charge in [-0.25, -0.2) is 4.68 Å². The Kier molecular flexibility index (Phi) is 4.37. The smallest absolute Gasteiger partial charge is 0.222 e. The number of thioether (sulfide) groups is 1. The van der Waals surface area contributed by atoms with Crippen LogP contribution in [0.3, 0.4) is 0 Å². The zero-order valence-electron chi connectivity index (χ0n) is 15.3. The third kappa shape index (κ3) is 3.29. The van der Waals surface area contributed by atoms with E-state index in [1.807, 2.05) is 41.1 Å². The summed E-state index contributed by atoms with van der Waals surface area (Å²) in [7, 11) is 0. The minimum absolute atomic E-state index is 0.457. The summed E-state index contributed by atoms with van der Waals surface area (Å²) in [4.78, 5) is 0. The van der Waals surface area contributed by atoms with Crippen LogP contribution in [-0.4, -0.2) is 24.5 Å². The average molecular weight is 389 g/mol. The molecule has 0 spiro atoms. The summed E-state index contributed by atoms with van der Waals surface area (Å²) in [6, 6.07) is 20.9. The van der Waals surface area contributed by atoms with Gasteiger partial charge in [-0.3, -0.25) is 4.57 Å². The molecule has 0 bridgehead atoms. The van der Waals surface area contributed by atoms with Crippen LogP contribution in [0.15, 0.2) is 72.0 Å². The fourth-order valence-corrected chi connectivity index (χ4v) is 4.25. The molecule has 1 aliphatic rings. The lowest BCUT2D eigenvalue weighted by atomic mass is 10.1. The standard InChI is InChI=1S/C21H20N6S/c22-20-23-24-21(27(20)18-11-12-18)28-14-16-13-26(17-9-5-2-6-10-17)25-19(16)15-7-3-1-4-8-15/h1-10,13,18H,11-12,14H2,(H2,22,23). The number of anilines is 1. The van der Waals surface area contributed by atoms with Crippen molar-refractivity contribution in [3.63, 3.8) is 0 Å². The first kappa shape index (κ1) is 17.1. The Balaban J connectivity index is 1.48. The number of nitrogens with two attached hydrogens (primary N) is 1. The average Bonchev–Trinajstić information content (AvgIpc) is 3.37. The number of hydrogen-bond donors (Lipinski definition) is 1. The molecule has 2 N–H and O–H groups in total. The van der Waals surface area contributed by atoms with Crippen LogP contribution in [0.2, 0.25) is 0 Å². The van der Waals surface area contributed by atoms with Gasteiger partial charge in [-0.05, 0) is 25.0 Å². The lowest BCUT2D eigenvalue weighted by Crippen LogP contribution is -2.02. The molecule has 5 rings (SSSR count). The van der Waals surface area contributed by atoms with Crippen LogP contribution in [0, 0.1) is 0 Å². The van der Waals surface area contributed by atoms with Gasteiger partial charge in [0.05, 0.1) is 11.4 Å². The Labute approximate surface area is 167 Å². The molecule has 2 aromatic carbocycles.